The van der Waals surface area contributed by atoms with E-state index < -0.39 is 5.91 Å². The Morgan fingerprint density at radius 3 is 2.88 bits per heavy atom. The summed E-state index contributed by atoms with van der Waals surface area (Å²) >= 11 is 0. The number of phenolic OH excluding ortho intramolecular Hbond substituents is 1. The van der Waals surface area contributed by atoms with E-state index in [2.05, 4.69) is 36.1 Å². The van der Waals surface area contributed by atoms with Crippen LogP contribution in [-0.4, -0.2) is 67.6 Å². The highest BCUT2D eigenvalue weighted by Crippen LogP contribution is 2.26. The Morgan fingerprint density at radius 2 is 2.18 bits per heavy atom. The van der Waals surface area contributed by atoms with E-state index in [0.29, 0.717) is 29.6 Å². The molecule has 1 aliphatic rings. The summed E-state index contributed by atoms with van der Waals surface area (Å²) in [4.78, 5) is 15.1. The lowest BCUT2D eigenvalue weighted by atomic mass is 9.94. The SMILES string of the molecule is COc1cc(/C=N\NC(=O)c2nnn(-c3nonc3N)c2CN(C)C2CCCCC2)ccc1O. The van der Waals surface area contributed by atoms with Gasteiger partial charge in [-0.1, -0.05) is 24.5 Å². The van der Waals surface area contributed by atoms with E-state index in [1.54, 1.807) is 12.1 Å². The fourth-order valence-electron chi connectivity index (χ4n) is 4.01. The van der Waals surface area contributed by atoms with E-state index in [1.165, 1.54) is 43.3 Å². The maximum Gasteiger partial charge on any atom is 0.293 e. The molecular formula is C21H27N9O4. The number of nitrogens with one attached hydrogen (secondary N) is 1. The van der Waals surface area contributed by atoms with Gasteiger partial charge in [-0.05, 0) is 54.0 Å². The van der Waals surface area contributed by atoms with Gasteiger partial charge in [-0.15, -0.1) is 5.10 Å². The van der Waals surface area contributed by atoms with Crippen LogP contribution in [0.15, 0.2) is 27.9 Å². The summed E-state index contributed by atoms with van der Waals surface area (Å²) in [6, 6.07) is 5.09. The second-order valence-electron chi connectivity index (χ2n) is 8.11. The predicted molar refractivity (Wildman–Crippen MR) is 122 cm³/mol. The van der Waals surface area contributed by atoms with E-state index in [-0.39, 0.29) is 23.1 Å². The van der Waals surface area contributed by atoms with Gasteiger partial charge >= 0.3 is 0 Å². The maximum absolute atomic E-state index is 12.9. The number of hydrogen-bond acceptors (Lipinski definition) is 11. The Balaban J connectivity index is 1.56. The summed E-state index contributed by atoms with van der Waals surface area (Å²) in [7, 11) is 3.46. The molecule has 0 unspecified atom stereocenters. The van der Waals surface area contributed by atoms with Crippen LogP contribution >= 0.6 is 0 Å². The summed E-state index contributed by atoms with van der Waals surface area (Å²) in [5.41, 5.74) is 9.53. The van der Waals surface area contributed by atoms with E-state index >= 15 is 0 Å². The minimum atomic E-state index is -0.546. The molecule has 1 saturated carbocycles. The number of benzene rings is 1. The molecule has 1 aromatic carbocycles. The van der Waals surface area contributed by atoms with Gasteiger partial charge in [0.15, 0.2) is 17.2 Å². The third-order valence-corrected chi connectivity index (χ3v) is 5.86. The van der Waals surface area contributed by atoms with Gasteiger partial charge in [0.2, 0.25) is 11.6 Å². The van der Waals surface area contributed by atoms with Gasteiger partial charge in [-0.25, -0.2) is 10.1 Å². The quantitative estimate of drug-likeness (QED) is 0.324. The smallest absolute Gasteiger partial charge is 0.293 e. The number of nitrogens with two attached hydrogens (primary N) is 1. The molecule has 34 heavy (non-hydrogen) atoms. The Hall–Kier alpha value is -4.00. The lowest BCUT2D eigenvalue weighted by Gasteiger charge is -2.31. The van der Waals surface area contributed by atoms with Crippen LogP contribution in [0.25, 0.3) is 5.82 Å². The molecule has 1 aliphatic carbocycles. The molecule has 1 amide bonds. The number of hydrogen-bond donors (Lipinski definition) is 3. The number of methoxy groups -OCH3 is 1. The first-order valence-corrected chi connectivity index (χ1v) is 10.9. The number of phenols is 1. The zero-order chi connectivity index (χ0) is 24.1. The van der Waals surface area contributed by atoms with Crippen molar-refractivity contribution < 1.29 is 19.3 Å². The fraction of sp³-hybridized carbons (Fsp3) is 0.429. The number of ether oxygens (including phenoxy) is 1. The molecule has 0 aliphatic heterocycles. The normalized spacial score (nSPS) is 14.7. The Kier molecular flexibility index (Phi) is 7.01. The third kappa shape index (κ3) is 4.98. The molecule has 4 rings (SSSR count). The molecule has 180 valence electrons. The summed E-state index contributed by atoms with van der Waals surface area (Å²) in [5, 5.41) is 29.2. The molecule has 2 heterocycles. The number of anilines is 1. The van der Waals surface area contributed by atoms with Gasteiger partial charge in [-0.2, -0.15) is 9.78 Å². The van der Waals surface area contributed by atoms with E-state index in [0.717, 1.165) is 12.8 Å². The van der Waals surface area contributed by atoms with E-state index in [4.69, 9.17) is 15.1 Å². The van der Waals surface area contributed by atoms with Gasteiger partial charge in [0.05, 0.1) is 19.0 Å². The lowest BCUT2D eigenvalue weighted by Crippen LogP contribution is -2.34. The second-order valence-corrected chi connectivity index (χ2v) is 8.11. The molecule has 13 nitrogen and oxygen atoms in total. The maximum atomic E-state index is 12.9. The average Bonchev–Trinajstić information content (AvgIpc) is 3.46. The molecule has 3 aromatic rings. The standard InChI is InChI=1S/C21H27N9O4/c1-29(14-6-4-3-5-7-14)12-15-18(24-28-30(15)20-19(22)26-34-27-20)21(32)25-23-11-13-8-9-16(31)17(10-13)33-2/h8-11,14,31H,3-7,12H2,1-2H3,(H2,22,26)(H,25,32)/b23-11-. The minimum Gasteiger partial charge on any atom is -0.504 e. The number of nitrogens with zero attached hydrogens (tertiary/aromatic N) is 7. The molecule has 13 heteroatoms. The number of aromatic hydroxyl groups is 1. The Bertz CT molecular complexity index is 1170. The first-order chi connectivity index (χ1) is 16.5. The zero-order valence-corrected chi connectivity index (χ0v) is 19.0. The van der Waals surface area contributed by atoms with Crippen molar-refractivity contribution in [3.05, 3.63) is 35.2 Å². The highest BCUT2D eigenvalue weighted by molar-refractivity contribution is 5.94. The van der Waals surface area contributed by atoms with Crippen molar-refractivity contribution in [3.63, 3.8) is 0 Å². The lowest BCUT2D eigenvalue weighted by molar-refractivity contribution is 0.0947. The van der Waals surface area contributed by atoms with Crippen molar-refractivity contribution in [2.75, 3.05) is 19.9 Å². The molecule has 1 fully saturated rings. The number of amides is 1. The minimum absolute atomic E-state index is 0.00801. The molecule has 0 saturated heterocycles. The number of hydrazone groups is 1. The summed E-state index contributed by atoms with van der Waals surface area (Å²) in [6.07, 6.45) is 7.20. The fourth-order valence-corrected chi connectivity index (χ4v) is 4.01. The summed E-state index contributed by atoms with van der Waals surface area (Å²) < 4.78 is 11.2. The van der Waals surface area contributed by atoms with Crippen LogP contribution in [0.4, 0.5) is 5.82 Å². The van der Waals surface area contributed by atoms with Gasteiger partial charge in [0.25, 0.3) is 5.91 Å². The monoisotopic (exact) mass is 469 g/mol. The molecule has 0 radical (unpaired) electrons. The Labute approximate surface area is 195 Å². The molecule has 0 spiro atoms. The highest BCUT2D eigenvalue weighted by Gasteiger charge is 2.27. The van der Waals surface area contributed by atoms with Gasteiger partial charge in [0.1, 0.15) is 0 Å². The van der Waals surface area contributed by atoms with Crippen LogP contribution in [0, 0.1) is 0 Å². The van der Waals surface area contributed by atoms with E-state index in [9.17, 15) is 9.90 Å². The van der Waals surface area contributed by atoms with Crippen LogP contribution < -0.4 is 15.9 Å². The number of nitrogen functional groups attached to an aromatic ring is 1. The molecule has 0 atom stereocenters. The topological polar surface area (TPSA) is 170 Å². The van der Waals surface area contributed by atoms with Crippen LogP contribution in [0.1, 0.15) is 53.8 Å². The highest BCUT2D eigenvalue weighted by atomic mass is 16.6. The van der Waals surface area contributed by atoms with Crippen molar-refractivity contribution in [2.45, 2.75) is 44.7 Å². The first kappa shape index (κ1) is 23.2. The van der Waals surface area contributed by atoms with Gasteiger partial charge < -0.3 is 15.6 Å². The van der Waals surface area contributed by atoms with Crippen LogP contribution in [0.2, 0.25) is 0 Å². The van der Waals surface area contributed by atoms with Gasteiger partial charge in [-0.3, -0.25) is 9.69 Å². The zero-order valence-electron chi connectivity index (χ0n) is 19.0. The van der Waals surface area contributed by atoms with Crippen molar-refractivity contribution in [1.29, 1.82) is 0 Å². The van der Waals surface area contributed by atoms with E-state index in [1.807, 2.05) is 7.05 Å². The summed E-state index contributed by atoms with van der Waals surface area (Å²) in [6.45, 7) is 0.394. The van der Waals surface area contributed by atoms with Crippen molar-refractivity contribution in [2.24, 2.45) is 5.10 Å². The number of carbonyl (C=O) groups is 1. The van der Waals surface area contributed by atoms with Crippen molar-refractivity contribution >= 4 is 17.9 Å². The summed E-state index contributed by atoms with van der Waals surface area (Å²) in [5.74, 6) is -0.0370. The third-order valence-electron chi connectivity index (χ3n) is 5.86. The van der Waals surface area contributed by atoms with Crippen LogP contribution in [-0.2, 0) is 6.54 Å². The first-order valence-electron chi connectivity index (χ1n) is 10.9. The van der Waals surface area contributed by atoms with Crippen LogP contribution in [0.3, 0.4) is 0 Å². The number of carbonyl (C=O) groups excluding carboxylic acids is 1. The molecule has 2 aromatic heterocycles. The molecule has 0 bridgehead atoms. The predicted octanol–water partition coefficient (Wildman–Crippen LogP) is 1.48. The average molecular weight is 470 g/mol. The number of aromatic nitrogens is 5. The Morgan fingerprint density at radius 1 is 1.38 bits per heavy atom. The molecular weight excluding hydrogens is 442 g/mol. The van der Waals surface area contributed by atoms with Crippen LogP contribution in [0.5, 0.6) is 11.5 Å². The second kappa shape index (κ2) is 10.3. The number of rotatable bonds is 8. The molecule has 4 N–H and O–H groups in total. The largest absolute Gasteiger partial charge is 0.504 e. The van der Waals surface area contributed by atoms with Crippen molar-refractivity contribution in [1.82, 2.24) is 35.6 Å². The van der Waals surface area contributed by atoms with Crippen molar-refractivity contribution in [3.8, 4) is 17.3 Å². The van der Waals surface area contributed by atoms with Gasteiger partial charge in [0, 0.05) is 12.6 Å².